The maximum atomic E-state index is 12.5. The van der Waals surface area contributed by atoms with E-state index in [1.807, 2.05) is 19.1 Å². The van der Waals surface area contributed by atoms with Crippen molar-refractivity contribution in [3.05, 3.63) is 29.8 Å². The van der Waals surface area contributed by atoms with Gasteiger partial charge in [-0.15, -0.1) is 0 Å². The molecular formula is C14H18N2O4. The number of amides is 1. The fourth-order valence-electron chi connectivity index (χ4n) is 2.18. The molecule has 0 saturated carbocycles. The average molecular weight is 278 g/mol. The molecule has 2 atom stereocenters. The molecule has 1 aliphatic heterocycles. The van der Waals surface area contributed by atoms with Crippen LogP contribution in [0.5, 0.6) is 0 Å². The number of nitrogens with two attached hydrogens (primary N) is 1. The number of carbonyl (C=O) groups is 2. The molecule has 6 heteroatoms. The highest BCUT2D eigenvalue weighted by molar-refractivity contribution is 5.99. The van der Waals surface area contributed by atoms with Gasteiger partial charge in [0.05, 0.1) is 19.1 Å². The monoisotopic (exact) mass is 278 g/mol. The molecule has 108 valence electrons. The highest BCUT2D eigenvalue weighted by atomic mass is 16.5. The van der Waals surface area contributed by atoms with Crippen molar-refractivity contribution >= 4 is 17.6 Å². The molecule has 1 amide bonds. The normalized spacial score (nSPS) is 21.7. The standard InChI is InChI=1S/C14H18N2O4/c1-9-2-4-10(5-3-9)16(6-13(17)18)14(19)11-7-20-8-12(11)15/h2-5,11-12H,6-8,15H2,1H3,(H,17,18). The molecule has 0 spiro atoms. The zero-order valence-electron chi connectivity index (χ0n) is 11.3. The molecular weight excluding hydrogens is 260 g/mol. The predicted octanol–water partition coefficient (Wildman–Crippen LogP) is 0.386. The van der Waals surface area contributed by atoms with Gasteiger partial charge in [0, 0.05) is 11.7 Å². The lowest BCUT2D eigenvalue weighted by molar-refractivity contribution is -0.137. The van der Waals surface area contributed by atoms with Crippen molar-refractivity contribution in [3.63, 3.8) is 0 Å². The first-order valence-electron chi connectivity index (χ1n) is 6.42. The van der Waals surface area contributed by atoms with E-state index < -0.39 is 11.9 Å². The number of carbonyl (C=O) groups excluding carboxylic acids is 1. The highest BCUT2D eigenvalue weighted by Crippen LogP contribution is 2.21. The van der Waals surface area contributed by atoms with Crippen molar-refractivity contribution < 1.29 is 19.4 Å². The van der Waals surface area contributed by atoms with Gasteiger partial charge < -0.3 is 20.5 Å². The smallest absolute Gasteiger partial charge is 0.323 e. The minimum absolute atomic E-state index is 0.238. The Bertz CT molecular complexity index is 500. The largest absolute Gasteiger partial charge is 0.480 e. The van der Waals surface area contributed by atoms with Crippen LogP contribution in [0.25, 0.3) is 0 Å². The van der Waals surface area contributed by atoms with Gasteiger partial charge in [-0.05, 0) is 19.1 Å². The number of hydrogen-bond donors (Lipinski definition) is 2. The van der Waals surface area contributed by atoms with Crippen LogP contribution in [0, 0.1) is 12.8 Å². The fourth-order valence-corrected chi connectivity index (χ4v) is 2.18. The van der Waals surface area contributed by atoms with E-state index in [9.17, 15) is 9.59 Å². The summed E-state index contributed by atoms with van der Waals surface area (Å²) in [6.07, 6.45) is 0. The van der Waals surface area contributed by atoms with Crippen LogP contribution in [-0.2, 0) is 14.3 Å². The molecule has 20 heavy (non-hydrogen) atoms. The first-order valence-corrected chi connectivity index (χ1v) is 6.42. The molecule has 1 heterocycles. The third kappa shape index (κ3) is 3.15. The van der Waals surface area contributed by atoms with Crippen LogP contribution >= 0.6 is 0 Å². The molecule has 0 aliphatic carbocycles. The van der Waals surface area contributed by atoms with E-state index in [-0.39, 0.29) is 25.1 Å². The summed E-state index contributed by atoms with van der Waals surface area (Å²) in [4.78, 5) is 24.7. The van der Waals surface area contributed by atoms with Crippen LogP contribution in [0.15, 0.2) is 24.3 Å². The Balaban J connectivity index is 2.24. The summed E-state index contributed by atoms with van der Waals surface area (Å²) >= 11 is 0. The number of aliphatic carboxylic acids is 1. The number of aryl methyl sites for hydroxylation is 1. The third-order valence-corrected chi connectivity index (χ3v) is 3.35. The Kier molecular flexibility index (Phi) is 4.36. The zero-order chi connectivity index (χ0) is 14.7. The van der Waals surface area contributed by atoms with Crippen LogP contribution in [0.1, 0.15) is 5.56 Å². The molecule has 3 N–H and O–H groups in total. The maximum absolute atomic E-state index is 12.5. The Morgan fingerprint density at radius 2 is 2.00 bits per heavy atom. The summed E-state index contributed by atoms with van der Waals surface area (Å²) in [6.45, 7) is 2.10. The van der Waals surface area contributed by atoms with Gasteiger partial charge in [0.2, 0.25) is 5.91 Å². The van der Waals surface area contributed by atoms with E-state index in [4.69, 9.17) is 15.6 Å². The second kappa shape index (κ2) is 6.02. The predicted molar refractivity (Wildman–Crippen MR) is 73.5 cm³/mol. The first-order chi connectivity index (χ1) is 9.49. The molecule has 2 unspecified atom stereocenters. The molecule has 6 nitrogen and oxygen atoms in total. The number of benzene rings is 1. The Labute approximate surface area is 117 Å². The molecule has 1 saturated heterocycles. The summed E-state index contributed by atoms with van der Waals surface area (Å²) in [5.74, 6) is -1.86. The number of hydrogen-bond acceptors (Lipinski definition) is 4. The van der Waals surface area contributed by atoms with E-state index in [0.29, 0.717) is 12.3 Å². The van der Waals surface area contributed by atoms with Crippen LogP contribution < -0.4 is 10.6 Å². The van der Waals surface area contributed by atoms with Gasteiger partial charge in [-0.1, -0.05) is 17.7 Å². The molecule has 0 radical (unpaired) electrons. The van der Waals surface area contributed by atoms with Gasteiger partial charge in [-0.3, -0.25) is 9.59 Å². The van der Waals surface area contributed by atoms with Crippen molar-refractivity contribution in [2.75, 3.05) is 24.7 Å². The van der Waals surface area contributed by atoms with Crippen molar-refractivity contribution in [2.45, 2.75) is 13.0 Å². The van der Waals surface area contributed by atoms with Gasteiger partial charge in [-0.25, -0.2) is 0 Å². The second-order valence-corrected chi connectivity index (χ2v) is 4.96. The Hall–Kier alpha value is -1.92. The number of carboxylic acid groups (broad SMARTS) is 1. The van der Waals surface area contributed by atoms with E-state index >= 15 is 0 Å². The van der Waals surface area contributed by atoms with Crippen molar-refractivity contribution in [1.82, 2.24) is 0 Å². The number of anilines is 1. The van der Waals surface area contributed by atoms with Crippen LogP contribution in [0.2, 0.25) is 0 Å². The summed E-state index contributed by atoms with van der Waals surface area (Å²) in [6, 6.07) is 6.75. The molecule has 2 rings (SSSR count). The molecule has 1 aromatic carbocycles. The lowest BCUT2D eigenvalue weighted by Crippen LogP contribution is -2.45. The van der Waals surface area contributed by atoms with Crippen molar-refractivity contribution in [1.29, 1.82) is 0 Å². The highest BCUT2D eigenvalue weighted by Gasteiger charge is 2.35. The topological polar surface area (TPSA) is 92.9 Å². The van der Waals surface area contributed by atoms with Crippen molar-refractivity contribution in [2.24, 2.45) is 11.7 Å². The molecule has 0 bridgehead atoms. The molecule has 1 aliphatic rings. The minimum Gasteiger partial charge on any atom is -0.480 e. The molecule has 0 aromatic heterocycles. The SMILES string of the molecule is Cc1ccc(N(CC(=O)O)C(=O)C2COCC2N)cc1. The molecule has 1 aromatic rings. The average Bonchev–Trinajstić information content (AvgIpc) is 2.82. The van der Waals surface area contributed by atoms with Crippen LogP contribution in [0.4, 0.5) is 5.69 Å². The summed E-state index contributed by atoms with van der Waals surface area (Å²) < 4.78 is 5.18. The maximum Gasteiger partial charge on any atom is 0.323 e. The Morgan fingerprint density at radius 3 is 2.50 bits per heavy atom. The van der Waals surface area contributed by atoms with E-state index in [1.54, 1.807) is 12.1 Å². The lowest BCUT2D eigenvalue weighted by Gasteiger charge is -2.25. The van der Waals surface area contributed by atoms with Crippen molar-refractivity contribution in [3.8, 4) is 0 Å². The van der Waals surface area contributed by atoms with Gasteiger partial charge in [-0.2, -0.15) is 0 Å². The van der Waals surface area contributed by atoms with E-state index in [2.05, 4.69) is 0 Å². The summed E-state index contributed by atoms with van der Waals surface area (Å²) in [5.41, 5.74) is 7.43. The quantitative estimate of drug-likeness (QED) is 0.831. The van der Waals surface area contributed by atoms with Gasteiger partial charge in [0.1, 0.15) is 6.54 Å². The molecule has 1 fully saturated rings. The number of rotatable bonds is 4. The van der Waals surface area contributed by atoms with Gasteiger partial charge in [0.15, 0.2) is 0 Å². The van der Waals surface area contributed by atoms with E-state index in [0.717, 1.165) is 5.56 Å². The van der Waals surface area contributed by atoms with Gasteiger partial charge >= 0.3 is 5.97 Å². The third-order valence-electron chi connectivity index (χ3n) is 3.35. The van der Waals surface area contributed by atoms with Crippen LogP contribution in [0.3, 0.4) is 0 Å². The second-order valence-electron chi connectivity index (χ2n) is 4.96. The lowest BCUT2D eigenvalue weighted by atomic mass is 10.0. The number of carboxylic acids is 1. The first kappa shape index (κ1) is 14.5. The fraction of sp³-hybridized carbons (Fsp3) is 0.429. The summed E-state index contributed by atoms with van der Waals surface area (Å²) in [5, 5.41) is 9.00. The zero-order valence-corrected chi connectivity index (χ0v) is 11.3. The van der Waals surface area contributed by atoms with Gasteiger partial charge in [0.25, 0.3) is 0 Å². The van der Waals surface area contributed by atoms with E-state index in [1.165, 1.54) is 4.90 Å². The number of nitrogens with zero attached hydrogens (tertiary/aromatic N) is 1. The van der Waals surface area contributed by atoms with Crippen LogP contribution in [-0.4, -0.2) is 42.8 Å². The number of ether oxygens (including phenoxy) is 1. The summed E-state index contributed by atoms with van der Waals surface area (Å²) in [7, 11) is 0. The Morgan fingerprint density at radius 1 is 1.35 bits per heavy atom. The minimum atomic E-state index is -1.06.